The Labute approximate surface area is 181 Å². The topological polar surface area (TPSA) is 47.6 Å². The predicted octanol–water partition coefficient (Wildman–Crippen LogP) is 3.62. The van der Waals surface area contributed by atoms with Gasteiger partial charge in [0.15, 0.2) is 0 Å². The fraction of sp³-hybridized carbons (Fsp3) is 0.400. The van der Waals surface area contributed by atoms with Crippen LogP contribution in [0.4, 0.5) is 0 Å². The van der Waals surface area contributed by atoms with Gasteiger partial charge in [0.2, 0.25) is 5.91 Å². The second kappa shape index (κ2) is 9.19. The Morgan fingerprint density at radius 3 is 2.00 bits per heavy atom. The van der Waals surface area contributed by atoms with Crippen LogP contribution in [0, 0.1) is 5.92 Å². The Bertz CT molecular complexity index is 835. The van der Waals surface area contributed by atoms with Crippen LogP contribution in [0.3, 0.4) is 0 Å². The molecule has 3 rings (SSSR count). The van der Waals surface area contributed by atoms with Gasteiger partial charge in [-0.1, -0.05) is 88.4 Å². The largest absolute Gasteiger partial charge is 0.499 e. The predicted molar refractivity (Wildman–Crippen MR) is 124 cm³/mol. The van der Waals surface area contributed by atoms with Crippen LogP contribution in [0.15, 0.2) is 72.5 Å². The van der Waals surface area contributed by atoms with Crippen molar-refractivity contribution in [2.24, 2.45) is 5.92 Å². The highest BCUT2D eigenvalue weighted by molar-refractivity contribution is 6.99. The van der Waals surface area contributed by atoms with Crippen molar-refractivity contribution in [1.82, 2.24) is 5.32 Å². The standard InChI is InChI=1S/C25H33NO3Si/c1-19(16-22-23(28-5)17-24(27)26-22)18-29-30(25(2,3)4,20-12-8-6-9-13-20)21-14-10-7-11-15-21/h6-15,17,19,22H,16,18H2,1-5H3,(H,26,27)/t19-,22-/m0/s1. The zero-order valence-corrected chi connectivity index (χ0v) is 19.6. The van der Waals surface area contributed by atoms with Crippen molar-refractivity contribution in [2.75, 3.05) is 13.7 Å². The molecule has 0 bridgehead atoms. The number of ether oxygens (including phenoxy) is 1. The fourth-order valence-electron chi connectivity index (χ4n) is 4.39. The molecular formula is C25H33NO3Si. The third kappa shape index (κ3) is 4.52. The van der Waals surface area contributed by atoms with Crippen molar-refractivity contribution in [3.05, 3.63) is 72.5 Å². The van der Waals surface area contributed by atoms with E-state index in [1.54, 1.807) is 13.2 Å². The molecule has 1 aliphatic heterocycles. The molecule has 0 aromatic heterocycles. The van der Waals surface area contributed by atoms with Crippen LogP contribution in [-0.4, -0.2) is 34.0 Å². The van der Waals surface area contributed by atoms with E-state index in [-0.39, 0.29) is 22.9 Å². The molecule has 4 nitrogen and oxygen atoms in total. The monoisotopic (exact) mass is 423 g/mol. The van der Waals surface area contributed by atoms with Crippen LogP contribution in [0.2, 0.25) is 5.04 Å². The Morgan fingerprint density at radius 1 is 1.00 bits per heavy atom. The van der Waals surface area contributed by atoms with E-state index in [2.05, 4.69) is 93.7 Å². The maximum Gasteiger partial charge on any atom is 0.261 e. The quantitative estimate of drug-likeness (QED) is 0.660. The van der Waals surface area contributed by atoms with Gasteiger partial charge in [0, 0.05) is 12.7 Å². The average Bonchev–Trinajstić information content (AvgIpc) is 3.08. The molecule has 0 spiro atoms. The number of methoxy groups -OCH3 is 1. The summed E-state index contributed by atoms with van der Waals surface area (Å²) in [7, 11) is -0.926. The van der Waals surface area contributed by atoms with Crippen LogP contribution >= 0.6 is 0 Å². The summed E-state index contributed by atoms with van der Waals surface area (Å²) in [6.45, 7) is 9.65. The molecule has 1 amide bonds. The molecule has 2 aromatic rings. The van der Waals surface area contributed by atoms with E-state index in [1.807, 2.05) is 0 Å². The van der Waals surface area contributed by atoms with Crippen LogP contribution in [0.25, 0.3) is 0 Å². The molecule has 30 heavy (non-hydrogen) atoms. The van der Waals surface area contributed by atoms with Crippen molar-refractivity contribution in [3.63, 3.8) is 0 Å². The van der Waals surface area contributed by atoms with Gasteiger partial charge in [-0.2, -0.15) is 0 Å². The van der Waals surface area contributed by atoms with E-state index >= 15 is 0 Å². The minimum Gasteiger partial charge on any atom is -0.499 e. The molecule has 0 fully saturated rings. The third-order valence-electron chi connectivity index (χ3n) is 5.81. The minimum absolute atomic E-state index is 0.0470. The zero-order chi connectivity index (χ0) is 21.8. The van der Waals surface area contributed by atoms with E-state index in [1.165, 1.54) is 10.4 Å². The Balaban J connectivity index is 1.88. The van der Waals surface area contributed by atoms with Gasteiger partial charge in [-0.15, -0.1) is 0 Å². The van der Waals surface area contributed by atoms with Gasteiger partial charge < -0.3 is 14.5 Å². The first-order valence-corrected chi connectivity index (χ1v) is 12.5. The highest BCUT2D eigenvalue weighted by Gasteiger charge is 2.50. The number of carbonyl (C=O) groups is 1. The lowest BCUT2D eigenvalue weighted by Crippen LogP contribution is -2.66. The van der Waals surface area contributed by atoms with E-state index < -0.39 is 8.32 Å². The maximum absolute atomic E-state index is 11.7. The summed E-state index contributed by atoms with van der Waals surface area (Å²) in [5, 5.41) is 5.49. The highest BCUT2D eigenvalue weighted by Crippen LogP contribution is 2.37. The van der Waals surface area contributed by atoms with Gasteiger partial charge in [-0.3, -0.25) is 4.79 Å². The summed E-state index contributed by atoms with van der Waals surface area (Å²) in [5.41, 5.74) is 0. The smallest absolute Gasteiger partial charge is 0.261 e. The Kier molecular flexibility index (Phi) is 6.83. The van der Waals surface area contributed by atoms with Gasteiger partial charge in [0.1, 0.15) is 5.76 Å². The molecule has 5 heteroatoms. The minimum atomic E-state index is -2.54. The first-order chi connectivity index (χ1) is 14.3. The molecule has 1 N–H and O–H groups in total. The number of amides is 1. The number of nitrogens with one attached hydrogen (secondary N) is 1. The Hall–Kier alpha value is -2.37. The lowest BCUT2D eigenvalue weighted by molar-refractivity contribution is -0.116. The first-order valence-electron chi connectivity index (χ1n) is 10.6. The molecular weight excluding hydrogens is 390 g/mol. The van der Waals surface area contributed by atoms with E-state index in [0.717, 1.165) is 6.42 Å². The fourth-order valence-corrected chi connectivity index (χ4v) is 9.08. The molecule has 0 aliphatic carbocycles. The van der Waals surface area contributed by atoms with Gasteiger partial charge in [0.25, 0.3) is 8.32 Å². The van der Waals surface area contributed by atoms with Gasteiger partial charge in [-0.05, 0) is 27.8 Å². The summed E-state index contributed by atoms with van der Waals surface area (Å²) in [4.78, 5) is 11.7. The van der Waals surface area contributed by atoms with Crippen LogP contribution in [-0.2, 0) is 14.0 Å². The lowest BCUT2D eigenvalue weighted by Gasteiger charge is -2.43. The molecule has 2 atom stereocenters. The molecule has 1 aliphatic rings. The van der Waals surface area contributed by atoms with Gasteiger partial charge >= 0.3 is 0 Å². The van der Waals surface area contributed by atoms with Crippen LogP contribution in [0.5, 0.6) is 0 Å². The number of carbonyl (C=O) groups excluding carboxylic acids is 1. The molecule has 0 saturated carbocycles. The van der Waals surface area contributed by atoms with Crippen molar-refractivity contribution < 1.29 is 14.0 Å². The summed E-state index contributed by atoms with van der Waals surface area (Å²) >= 11 is 0. The highest BCUT2D eigenvalue weighted by atomic mass is 28.4. The van der Waals surface area contributed by atoms with Gasteiger partial charge in [-0.25, -0.2) is 0 Å². The molecule has 1 heterocycles. The molecule has 160 valence electrons. The van der Waals surface area contributed by atoms with Crippen molar-refractivity contribution in [3.8, 4) is 0 Å². The molecule has 2 aromatic carbocycles. The summed E-state index contributed by atoms with van der Waals surface area (Å²) in [6, 6.07) is 21.3. The van der Waals surface area contributed by atoms with E-state index in [0.29, 0.717) is 12.4 Å². The van der Waals surface area contributed by atoms with Crippen molar-refractivity contribution in [1.29, 1.82) is 0 Å². The number of hydrogen-bond acceptors (Lipinski definition) is 3. The van der Waals surface area contributed by atoms with Crippen LogP contribution in [0.1, 0.15) is 34.1 Å². The van der Waals surface area contributed by atoms with E-state index in [4.69, 9.17) is 9.16 Å². The third-order valence-corrected chi connectivity index (χ3v) is 10.8. The first kappa shape index (κ1) is 22.3. The molecule has 0 radical (unpaired) electrons. The van der Waals surface area contributed by atoms with E-state index in [9.17, 15) is 4.79 Å². The molecule has 0 saturated heterocycles. The second-order valence-electron chi connectivity index (χ2n) is 9.13. The summed E-state index contributed by atoms with van der Waals surface area (Å²) in [6.07, 6.45) is 2.32. The van der Waals surface area contributed by atoms with Crippen molar-refractivity contribution in [2.45, 2.75) is 45.2 Å². The van der Waals surface area contributed by atoms with Crippen molar-refractivity contribution >= 4 is 24.6 Å². The number of rotatable bonds is 8. The van der Waals surface area contributed by atoms with Crippen LogP contribution < -0.4 is 15.7 Å². The summed E-state index contributed by atoms with van der Waals surface area (Å²) in [5.74, 6) is 0.878. The number of benzene rings is 2. The number of hydrogen-bond donors (Lipinski definition) is 1. The second-order valence-corrected chi connectivity index (χ2v) is 13.4. The summed E-state index contributed by atoms with van der Waals surface area (Å²) < 4.78 is 12.4. The normalized spacial score (nSPS) is 18.0. The zero-order valence-electron chi connectivity index (χ0n) is 18.6. The maximum atomic E-state index is 11.7. The lowest BCUT2D eigenvalue weighted by atomic mass is 10.0. The Morgan fingerprint density at radius 2 is 1.53 bits per heavy atom. The molecule has 0 unspecified atom stereocenters. The van der Waals surface area contributed by atoms with Gasteiger partial charge in [0.05, 0.1) is 13.2 Å². The SMILES string of the molecule is COC1=CC(=O)N[C@H]1C[C@H](C)CO[Si](c1ccccc1)(c1ccccc1)C(C)(C)C. The average molecular weight is 424 g/mol.